The highest BCUT2D eigenvalue weighted by atomic mass is 35.5. The van der Waals surface area contributed by atoms with E-state index in [-0.39, 0.29) is 11.1 Å². The molecule has 27 heavy (non-hydrogen) atoms. The van der Waals surface area contributed by atoms with E-state index in [2.05, 4.69) is 10.00 Å². The number of fused-ring (bicyclic) bond motifs is 1. The van der Waals surface area contributed by atoms with Gasteiger partial charge in [0.15, 0.2) is 0 Å². The third-order valence-corrected chi connectivity index (χ3v) is 5.30. The largest absolute Gasteiger partial charge is 0.379 e. The summed E-state index contributed by atoms with van der Waals surface area (Å²) in [7, 11) is 0. The zero-order chi connectivity index (χ0) is 19.0. The molecule has 0 spiro atoms. The first-order valence-corrected chi connectivity index (χ1v) is 9.33. The molecule has 4 rings (SSSR count). The van der Waals surface area contributed by atoms with Crippen molar-refractivity contribution in [2.75, 3.05) is 32.8 Å². The summed E-state index contributed by atoms with van der Waals surface area (Å²) in [6.45, 7) is 6.29. The van der Waals surface area contributed by atoms with Gasteiger partial charge in [-0.25, -0.2) is 4.68 Å². The van der Waals surface area contributed by atoms with Gasteiger partial charge in [0, 0.05) is 43.0 Å². The molecule has 142 valence electrons. The van der Waals surface area contributed by atoms with Gasteiger partial charge in [-0.05, 0) is 31.2 Å². The standard InChI is InChI=1S/C19H21ClN4O3/c1-13-18-16(21-24(19(18)26)15-4-2-14(20)3-5-15)12-17(25)23(13)7-6-22-8-10-27-11-9-22/h2-5,12,21H,6-11H2,1H3. The Bertz CT molecular complexity index is 1080. The van der Waals surface area contributed by atoms with E-state index >= 15 is 0 Å². The fraction of sp³-hybridized carbons (Fsp3) is 0.368. The van der Waals surface area contributed by atoms with Gasteiger partial charge in [-0.1, -0.05) is 11.6 Å². The van der Waals surface area contributed by atoms with Crippen molar-refractivity contribution in [3.63, 3.8) is 0 Å². The molecule has 3 heterocycles. The predicted octanol–water partition coefficient (Wildman–Crippen LogP) is 1.77. The first-order valence-electron chi connectivity index (χ1n) is 8.96. The van der Waals surface area contributed by atoms with Crippen molar-refractivity contribution in [1.29, 1.82) is 0 Å². The molecule has 8 heteroatoms. The number of hydrogen-bond acceptors (Lipinski definition) is 4. The summed E-state index contributed by atoms with van der Waals surface area (Å²) in [5, 5.41) is 4.17. The Balaban J connectivity index is 1.72. The van der Waals surface area contributed by atoms with Gasteiger partial charge in [0.25, 0.3) is 11.1 Å². The molecule has 0 radical (unpaired) electrons. The Labute approximate surface area is 160 Å². The van der Waals surface area contributed by atoms with Crippen molar-refractivity contribution in [2.24, 2.45) is 0 Å². The molecule has 2 aromatic heterocycles. The number of ether oxygens (including phenoxy) is 1. The van der Waals surface area contributed by atoms with E-state index in [9.17, 15) is 9.59 Å². The second-order valence-electron chi connectivity index (χ2n) is 6.69. The lowest BCUT2D eigenvalue weighted by molar-refractivity contribution is 0.0362. The highest BCUT2D eigenvalue weighted by Gasteiger charge is 2.16. The molecule has 0 atom stereocenters. The van der Waals surface area contributed by atoms with Gasteiger partial charge in [0.2, 0.25) is 0 Å². The van der Waals surface area contributed by atoms with Gasteiger partial charge in [0.1, 0.15) is 0 Å². The number of aromatic amines is 1. The van der Waals surface area contributed by atoms with E-state index in [1.54, 1.807) is 28.8 Å². The maximum atomic E-state index is 13.0. The van der Waals surface area contributed by atoms with E-state index in [1.807, 2.05) is 6.92 Å². The van der Waals surface area contributed by atoms with Crippen molar-refractivity contribution in [3.8, 4) is 5.69 Å². The van der Waals surface area contributed by atoms with Gasteiger partial charge in [-0.2, -0.15) is 0 Å². The van der Waals surface area contributed by atoms with Crippen molar-refractivity contribution < 1.29 is 4.74 Å². The molecular formula is C19H21ClN4O3. The normalized spacial score (nSPS) is 15.5. The summed E-state index contributed by atoms with van der Waals surface area (Å²) in [5.74, 6) is 0. The molecule has 0 saturated carbocycles. The SMILES string of the molecule is Cc1c2c(=O)n(-c3ccc(Cl)cc3)[nH]c2cc(=O)n1CCN1CCOCC1. The van der Waals surface area contributed by atoms with Crippen LogP contribution >= 0.6 is 11.6 Å². The number of benzene rings is 1. The van der Waals surface area contributed by atoms with Crippen LogP contribution in [0.4, 0.5) is 0 Å². The fourth-order valence-corrected chi connectivity index (χ4v) is 3.65. The Morgan fingerprint density at radius 1 is 1.11 bits per heavy atom. The van der Waals surface area contributed by atoms with Crippen LogP contribution in [0.3, 0.4) is 0 Å². The summed E-state index contributed by atoms with van der Waals surface area (Å²) >= 11 is 5.93. The van der Waals surface area contributed by atoms with Crippen molar-refractivity contribution in [2.45, 2.75) is 13.5 Å². The third kappa shape index (κ3) is 3.45. The van der Waals surface area contributed by atoms with E-state index in [4.69, 9.17) is 16.3 Å². The molecule has 0 aliphatic carbocycles. The number of halogens is 1. The zero-order valence-corrected chi connectivity index (χ0v) is 15.8. The second-order valence-corrected chi connectivity index (χ2v) is 7.13. The summed E-state index contributed by atoms with van der Waals surface area (Å²) < 4.78 is 8.48. The minimum Gasteiger partial charge on any atom is -0.379 e. The highest BCUT2D eigenvalue weighted by molar-refractivity contribution is 6.30. The molecular weight excluding hydrogens is 368 g/mol. The lowest BCUT2D eigenvalue weighted by Gasteiger charge is -2.27. The molecule has 0 unspecified atom stereocenters. The van der Waals surface area contributed by atoms with Gasteiger partial charge >= 0.3 is 0 Å². The van der Waals surface area contributed by atoms with Gasteiger partial charge in [-0.3, -0.25) is 19.6 Å². The van der Waals surface area contributed by atoms with Crippen LogP contribution in [-0.2, 0) is 11.3 Å². The number of nitrogens with zero attached hydrogens (tertiary/aromatic N) is 3. The monoisotopic (exact) mass is 388 g/mol. The number of hydrogen-bond donors (Lipinski definition) is 1. The molecule has 1 aliphatic heterocycles. The van der Waals surface area contributed by atoms with E-state index in [1.165, 1.54) is 10.7 Å². The highest BCUT2D eigenvalue weighted by Crippen LogP contribution is 2.15. The van der Waals surface area contributed by atoms with Gasteiger partial charge < -0.3 is 9.30 Å². The average Bonchev–Trinajstić information content (AvgIpc) is 2.99. The fourth-order valence-electron chi connectivity index (χ4n) is 3.53. The molecule has 1 fully saturated rings. The van der Waals surface area contributed by atoms with Crippen LogP contribution < -0.4 is 11.1 Å². The molecule has 0 bridgehead atoms. The lowest BCUT2D eigenvalue weighted by Crippen LogP contribution is -2.39. The van der Waals surface area contributed by atoms with Crippen molar-refractivity contribution in [1.82, 2.24) is 19.2 Å². The first kappa shape index (κ1) is 18.0. The average molecular weight is 389 g/mol. The summed E-state index contributed by atoms with van der Waals surface area (Å²) in [4.78, 5) is 27.8. The van der Waals surface area contributed by atoms with Crippen molar-refractivity contribution >= 4 is 22.5 Å². The predicted molar refractivity (Wildman–Crippen MR) is 105 cm³/mol. The van der Waals surface area contributed by atoms with Crippen LogP contribution in [0.25, 0.3) is 16.6 Å². The third-order valence-electron chi connectivity index (χ3n) is 5.05. The van der Waals surface area contributed by atoms with Crippen LogP contribution in [-0.4, -0.2) is 52.1 Å². The summed E-state index contributed by atoms with van der Waals surface area (Å²) in [6.07, 6.45) is 0. The Morgan fingerprint density at radius 3 is 2.52 bits per heavy atom. The van der Waals surface area contributed by atoms with Crippen LogP contribution in [0.5, 0.6) is 0 Å². The minimum absolute atomic E-state index is 0.113. The first-order chi connectivity index (χ1) is 13.0. The zero-order valence-electron chi connectivity index (χ0n) is 15.1. The van der Waals surface area contributed by atoms with Crippen molar-refractivity contribution in [3.05, 3.63) is 61.8 Å². The molecule has 1 aromatic carbocycles. The lowest BCUT2D eigenvalue weighted by atomic mass is 10.2. The van der Waals surface area contributed by atoms with Crippen LogP contribution in [0.2, 0.25) is 5.02 Å². The Morgan fingerprint density at radius 2 is 1.81 bits per heavy atom. The van der Waals surface area contributed by atoms with E-state index < -0.39 is 0 Å². The topological polar surface area (TPSA) is 72.3 Å². The molecule has 0 amide bonds. The number of aromatic nitrogens is 3. The number of rotatable bonds is 4. The van der Waals surface area contributed by atoms with Crippen LogP contribution in [0, 0.1) is 6.92 Å². The van der Waals surface area contributed by atoms with Crippen LogP contribution in [0.1, 0.15) is 5.69 Å². The maximum Gasteiger partial charge on any atom is 0.280 e. The number of aryl methyl sites for hydroxylation is 1. The number of morpholine rings is 1. The number of H-pyrrole nitrogens is 1. The second kappa shape index (κ2) is 7.34. The van der Waals surface area contributed by atoms with Gasteiger partial charge in [0.05, 0.1) is 29.8 Å². The molecule has 1 saturated heterocycles. The Hall–Kier alpha value is -2.35. The molecule has 3 aromatic rings. The van der Waals surface area contributed by atoms with E-state index in [0.29, 0.717) is 33.9 Å². The Kier molecular flexibility index (Phi) is 4.90. The number of nitrogens with one attached hydrogen (secondary N) is 1. The summed E-state index contributed by atoms with van der Waals surface area (Å²) in [6, 6.07) is 8.47. The van der Waals surface area contributed by atoms with Crippen LogP contribution in [0.15, 0.2) is 39.9 Å². The number of pyridine rings is 1. The molecule has 1 N–H and O–H groups in total. The quantitative estimate of drug-likeness (QED) is 0.739. The minimum atomic E-state index is -0.176. The molecule has 7 nitrogen and oxygen atoms in total. The molecule has 1 aliphatic rings. The van der Waals surface area contributed by atoms with Gasteiger partial charge in [-0.15, -0.1) is 0 Å². The summed E-state index contributed by atoms with van der Waals surface area (Å²) in [5.41, 5.74) is 1.61. The maximum absolute atomic E-state index is 13.0. The smallest absolute Gasteiger partial charge is 0.280 e. The van der Waals surface area contributed by atoms with E-state index in [0.717, 1.165) is 32.8 Å².